The second-order valence-electron chi connectivity index (χ2n) is 6.72. The van der Waals surface area contributed by atoms with Crippen LogP contribution in [0.1, 0.15) is 24.0 Å². The van der Waals surface area contributed by atoms with E-state index in [9.17, 15) is 0 Å². The second kappa shape index (κ2) is 8.27. The van der Waals surface area contributed by atoms with Crippen LogP contribution in [0.5, 0.6) is 0 Å². The van der Waals surface area contributed by atoms with Crippen LogP contribution in [0.15, 0.2) is 48.7 Å². The zero-order valence-electron chi connectivity index (χ0n) is 14.8. The number of aromatic nitrogens is 1. The first kappa shape index (κ1) is 16.9. The van der Waals surface area contributed by atoms with Crippen molar-refractivity contribution in [2.75, 3.05) is 44.7 Å². The Morgan fingerprint density at radius 3 is 2.54 bits per heavy atom. The van der Waals surface area contributed by atoms with Crippen molar-refractivity contribution in [1.82, 2.24) is 15.2 Å². The van der Waals surface area contributed by atoms with Gasteiger partial charge in [0.25, 0.3) is 0 Å². The maximum atomic E-state index is 4.65. The van der Waals surface area contributed by atoms with Gasteiger partial charge in [-0.25, -0.2) is 4.98 Å². The summed E-state index contributed by atoms with van der Waals surface area (Å²) in [7, 11) is 2.18. The van der Waals surface area contributed by atoms with Gasteiger partial charge in [0.15, 0.2) is 0 Å². The highest BCUT2D eigenvalue weighted by Gasteiger charge is 2.17. The first-order valence-corrected chi connectivity index (χ1v) is 8.87. The molecule has 128 valence electrons. The van der Waals surface area contributed by atoms with Gasteiger partial charge in [-0.2, -0.15) is 0 Å². The molecule has 2 aromatic rings. The average Bonchev–Trinajstić information content (AvgIpc) is 2.63. The van der Waals surface area contributed by atoms with Crippen LogP contribution >= 0.6 is 0 Å². The van der Waals surface area contributed by atoms with Gasteiger partial charge < -0.3 is 15.1 Å². The maximum Gasteiger partial charge on any atom is 0.133 e. The average molecular weight is 324 g/mol. The Hall–Kier alpha value is -1.91. The van der Waals surface area contributed by atoms with Crippen LogP contribution in [-0.4, -0.2) is 49.7 Å². The summed E-state index contributed by atoms with van der Waals surface area (Å²) in [5, 5.41) is 3.61. The number of nitrogens with zero attached hydrogens (tertiary/aromatic N) is 3. The number of benzene rings is 1. The van der Waals surface area contributed by atoms with E-state index < -0.39 is 0 Å². The van der Waals surface area contributed by atoms with Crippen molar-refractivity contribution in [3.05, 3.63) is 59.8 Å². The number of piperazine rings is 1. The number of hydrogen-bond acceptors (Lipinski definition) is 4. The van der Waals surface area contributed by atoms with Crippen LogP contribution in [-0.2, 0) is 6.54 Å². The second-order valence-corrected chi connectivity index (χ2v) is 6.72. The van der Waals surface area contributed by atoms with Gasteiger partial charge in [0.2, 0.25) is 0 Å². The minimum atomic E-state index is 0.509. The molecule has 0 spiro atoms. The smallest absolute Gasteiger partial charge is 0.133 e. The van der Waals surface area contributed by atoms with E-state index in [4.69, 9.17) is 0 Å². The summed E-state index contributed by atoms with van der Waals surface area (Å²) in [6.45, 7) is 8.44. The van der Waals surface area contributed by atoms with E-state index in [0.29, 0.717) is 5.92 Å². The fraction of sp³-hybridized carbons (Fsp3) is 0.450. The van der Waals surface area contributed by atoms with Crippen LogP contribution in [0, 0.1) is 0 Å². The molecule has 4 nitrogen and oxygen atoms in total. The number of pyridine rings is 1. The Morgan fingerprint density at radius 2 is 1.79 bits per heavy atom. The molecule has 1 aromatic heterocycles. The van der Waals surface area contributed by atoms with Crippen LogP contribution in [0.4, 0.5) is 5.82 Å². The van der Waals surface area contributed by atoms with Crippen LogP contribution < -0.4 is 10.2 Å². The molecule has 0 aliphatic carbocycles. The number of rotatable bonds is 6. The third kappa shape index (κ3) is 4.34. The zero-order chi connectivity index (χ0) is 16.8. The van der Waals surface area contributed by atoms with Gasteiger partial charge in [0, 0.05) is 51.0 Å². The molecule has 1 aliphatic heterocycles. The van der Waals surface area contributed by atoms with Gasteiger partial charge >= 0.3 is 0 Å². The normalized spacial score (nSPS) is 17.0. The highest BCUT2D eigenvalue weighted by atomic mass is 15.3. The SMILES string of the molecule is C[C@H](CNCc1cccnc1N1CCN(C)CC1)c1ccccc1. The fourth-order valence-corrected chi connectivity index (χ4v) is 3.19. The first-order valence-electron chi connectivity index (χ1n) is 8.87. The molecule has 4 heteroatoms. The van der Waals surface area contributed by atoms with E-state index in [1.54, 1.807) is 0 Å². The third-order valence-corrected chi connectivity index (χ3v) is 4.80. The van der Waals surface area contributed by atoms with Crippen molar-refractivity contribution in [2.24, 2.45) is 0 Å². The van der Waals surface area contributed by atoms with Crippen molar-refractivity contribution < 1.29 is 0 Å². The molecule has 0 radical (unpaired) electrons. The summed E-state index contributed by atoms with van der Waals surface area (Å²) in [6.07, 6.45) is 1.91. The Kier molecular flexibility index (Phi) is 5.83. The molecule has 0 bridgehead atoms. The maximum absolute atomic E-state index is 4.65. The molecule has 1 aliphatic rings. The van der Waals surface area contributed by atoms with Crippen LogP contribution in [0.25, 0.3) is 0 Å². The van der Waals surface area contributed by atoms with Crippen LogP contribution in [0.3, 0.4) is 0 Å². The third-order valence-electron chi connectivity index (χ3n) is 4.80. The fourth-order valence-electron chi connectivity index (χ4n) is 3.19. The van der Waals surface area contributed by atoms with E-state index >= 15 is 0 Å². The van der Waals surface area contributed by atoms with Crippen molar-refractivity contribution in [3.63, 3.8) is 0 Å². The molecule has 1 fully saturated rings. The highest BCUT2D eigenvalue weighted by Crippen LogP contribution is 2.19. The van der Waals surface area contributed by atoms with Gasteiger partial charge in [-0.05, 0) is 24.6 Å². The van der Waals surface area contributed by atoms with Gasteiger partial charge in [0.05, 0.1) is 0 Å². The van der Waals surface area contributed by atoms with E-state index in [2.05, 4.69) is 70.5 Å². The molecule has 1 saturated heterocycles. The number of nitrogens with one attached hydrogen (secondary N) is 1. The highest BCUT2D eigenvalue weighted by molar-refractivity contribution is 5.47. The van der Waals surface area contributed by atoms with Crippen molar-refractivity contribution in [1.29, 1.82) is 0 Å². The number of anilines is 1. The summed E-state index contributed by atoms with van der Waals surface area (Å²) in [4.78, 5) is 9.44. The Balaban J connectivity index is 1.57. The standard InChI is InChI=1S/C20H28N4/c1-17(18-7-4-3-5-8-18)15-21-16-19-9-6-10-22-20(19)24-13-11-23(2)12-14-24/h3-10,17,21H,11-16H2,1-2H3/t17-/m1/s1. The van der Waals surface area contributed by atoms with E-state index in [1.165, 1.54) is 11.1 Å². The van der Waals surface area contributed by atoms with Crippen molar-refractivity contribution in [2.45, 2.75) is 19.4 Å². The molecular weight excluding hydrogens is 296 g/mol. The summed E-state index contributed by atoms with van der Waals surface area (Å²) in [5.74, 6) is 1.65. The zero-order valence-corrected chi connectivity index (χ0v) is 14.8. The summed E-state index contributed by atoms with van der Waals surface area (Å²) in [6, 6.07) is 14.9. The Morgan fingerprint density at radius 1 is 1.04 bits per heavy atom. The largest absolute Gasteiger partial charge is 0.354 e. The molecule has 1 aromatic carbocycles. The van der Waals surface area contributed by atoms with Gasteiger partial charge in [-0.3, -0.25) is 0 Å². The minimum Gasteiger partial charge on any atom is -0.354 e. The predicted octanol–water partition coefficient (Wildman–Crippen LogP) is 2.73. The van der Waals surface area contributed by atoms with Crippen LogP contribution in [0.2, 0.25) is 0 Å². The summed E-state index contributed by atoms with van der Waals surface area (Å²) >= 11 is 0. The minimum absolute atomic E-state index is 0.509. The number of likely N-dealkylation sites (N-methyl/N-ethyl adjacent to an activating group) is 1. The first-order chi connectivity index (χ1) is 11.7. The molecule has 24 heavy (non-hydrogen) atoms. The molecular formula is C20H28N4. The number of hydrogen-bond donors (Lipinski definition) is 1. The van der Waals surface area contributed by atoms with Crippen molar-refractivity contribution >= 4 is 5.82 Å². The lowest BCUT2D eigenvalue weighted by Crippen LogP contribution is -2.45. The topological polar surface area (TPSA) is 31.4 Å². The molecule has 3 rings (SSSR count). The molecule has 0 amide bonds. The Bertz CT molecular complexity index is 621. The van der Waals surface area contributed by atoms with Gasteiger partial charge in [-0.1, -0.05) is 43.3 Å². The van der Waals surface area contributed by atoms with E-state index in [0.717, 1.165) is 45.1 Å². The van der Waals surface area contributed by atoms with E-state index in [-0.39, 0.29) is 0 Å². The quantitative estimate of drug-likeness (QED) is 0.885. The lowest BCUT2D eigenvalue weighted by atomic mass is 10.0. The Labute approximate surface area is 145 Å². The predicted molar refractivity (Wildman–Crippen MR) is 101 cm³/mol. The lowest BCUT2D eigenvalue weighted by Gasteiger charge is -2.34. The molecule has 0 saturated carbocycles. The molecule has 0 unspecified atom stereocenters. The van der Waals surface area contributed by atoms with Crippen molar-refractivity contribution in [3.8, 4) is 0 Å². The molecule has 1 atom stereocenters. The summed E-state index contributed by atoms with van der Waals surface area (Å²) in [5.41, 5.74) is 2.68. The van der Waals surface area contributed by atoms with E-state index in [1.807, 2.05) is 12.3 Å². The molecule has 1 N–H and O–H groups in total. The lowest BCUT2D eigenvalue weighted by molar-refractivity contribution is 0.311. The van der Waals surface area contributed by atoms with Gasteiger partial charge in [0.1, 0.15) is 5.82 Å². The molecule has 2 heterocycles. The van der Waals surface area contributed by atoms with Gasteiger partial charge in [-0.15, -0.1) is 0 Å². The monoisotopic (exact) mass is 324 g/mol. The summed E-state index contributed by atoms with van der Waals surface area (Å²) < 4.78 is 0.